The van der Waals surface area contributed by atoms with Crippen LogP contribution >= 0.6 is 0 Å². The predicted molar refractivity (Wildman–Crippen MR) is 69.1 cm³/mol. The summed E-state index contributed by atoms with van der Waals surface area (Å²) >= 11 is 0. The van der Waals surface area contributed by atoms with Gasteiger partial charge in [0.05, 0.1) is 18.8 Å². The standard InChI is InChI=1S/C13H23N3O/c1-5-7-10(3)13(14-6-2)11-8-9-12(17-4)16-15-11/h8-10,13-14H,5-7H2,1-4H3. The third kappa shape index (κ3) is 3.97. The van der Waals surface area contributed by atoms with Crippen LogP contribution in [0.15, 0.2) is 12.1 Å². The molecule has 0 aliphatic heterocycles. The Kier molecular flexibility index (Phi) is 5.91. The molecule has 1 aromatic heterocycles. The smallest absolute Gasteiger partial charge is 0.233 e. The lowest BCUT2D eigenvalue weighted by Gasteiger charge is -2.23. The molecule has 1 aromatic rings. The van der Waals surface area contributed by atoms with Crippen LogP contribution in [0, 0.1) is 5.92 Å². The van der Waals surface area contributed by atoms with Crippen molar-refractivity contribution in [2.45, 2.75) is 39.7 Å². The van der Waals surface area contributed by atoms with Gasteiger partial charge in [-0.2, -0.15) is 5.10 Å². The molecule has 1 heterocycles. The van der Waals surface area contributed by atoms with Gasteiger partial charge in [0, 0.05) is 6.07 Å². The lowest BCUT2D eigenvalue weighted by atomic mass is 9.94. The van der Waals surface area contributed by atoms with Gasteiger partial charge in [0.2, 0.25) is 5.88 Å². The van der Waals surface area contributed by atoms with Crippen LogP contribution in [-0.4, -0.2) is 23.9 Å². The van der Waals surface area contributed by atoms with Gasteiger partial charge in [-0.15, -0.1) is 5.10 Å². The van der Waals surface area contributed by atoms with Crippen molar-refractivity contribution in [3.8, 4) is 5.88 Å². The Hall–Kier alpha value is -1.16. The van der Waals surface area contributed by atoms with Gasteiger partial charge in [-0.1, -0.05) is 27.2 Å². The zero-order valence-corrected chi connectivity index (χ0v) is 11.2. The van der Waals surface area contributed by atoms with Crippen molar-refractivity contribution in [1.29, 1.82) is 0 Å². The monoisotopic (exact) mass is 237 g/mol. The SMILES string of the molecule is CCCC(C)C(NCC)c1ccc(OC)nn1. The van der Waals surface area contributed by atoms with Gasteiger partial charge in [0.1, 0.15) is 0 Å². The Balaban J connectivity index is 2.80. The molecule has 0 spiro atoms. The summed E-state index contributed by atoms with van der Waals surface area (Å²) < 4.78 is 5.02. The number of methoxy groups -OCH3 is 1. The average Bonchev–Trinajstić information content (AvgIpc) is 2.36. The minimum Gasteiger partial charge on any atom is -0.480 e. The number of hydrogen-bond acceptors (Lipinski definition) is 4. The van der Waals surface area contributed by atoms with E-state index in [0.29, 0.717) is 11.8 Å². The van der Waals surface area contributed by atoms with Gasteiger partial charge in [-0.05, 0) is 24.9 Å². The van der Waals surface area contributed by atoms with Crippen LogP contribution < -0.4 is 10.1 Å². The van der Waals surface area contributed by atoms with Crippen molar-refractivity contribution in [2.75, 3.05) is 13.7 Å². The second-order valence-corrected chi connectivity index (χ2v) is 4.30. The topological polar surface area (TPSA) is 47.0 Å². The normalized spacial score (nSPS) is 14.4. The maximum Gasteiger partial charge on any atom is 0.233 e. The van der Waals surface area contributed by atoms with Crippen molar-refractivity contribution in [3.05, 3.63) is 17.8 Å². The zero-order valence-electron chi connectivity index (χ0n) is 11.2. The van der Waals surface area contributed by atoms with E-state index in [1.54, 1.807) is 7.11 Å². The molecule has 0 radical (unpaired) electrons. The predicted octanol–water partition coefficient (Wildman–Crippen LogP) is 2.57. The molecule has 0 aliphatic rings. The molecule has 4 nitrogen and oxygen atoms in total. The first kappa shape index (κ1) is 13.9. The van der Waals surface area contributed by atoms with Gasteiger partial charge in [0.25, 0.3) is 0 Å². The summed E-state index contributed by atoms with van der Waals surface area (Å²) in [5, 5.41) is 11.7. The van der Waals surface area contributed by atoms with E-state index in [1.807, 2.05) is 12.1 Å². The molecule has 2 unspecified atom stereocenters. The molecule has 1 rings (SSSR count). The largest absolute Gasteiger partial charge is 0.480 e. The molecule has 0 bridgehead atoms. The van der Waals surface area contributed by atoms with Crippen LogP contribution in [0.5, 0.6) is 5.88 Å². The third-order valence-corrected chi connectivity index (χ3v) is 2.93. The van der Waals surface area contributed by atoms with Crippen LogP contribution in [0.3, 0.4) is 0 Å². The molecule has 0 aromatic carbocycles. The van der Waals surface area contributed by atoms with Crippen LogP contribution in [0.4, 0.5) is 0 Å². The highest BCUT2D eigenvalue weighted by atomic mass is 16.5. The molecule has 0 amide bonds. The van der Waals surface area contributed by atoms with E-state index in [-0.39, 0.29) is 6.04 Å². The number of aromatic nitrogens is 2. The molecule has 0 aliphatic carbocycles. The molecule has 0 saturated heterocycles. The van der Waals surface area contributed by atoms with E-state index < -0.39 is 0 Å². The van der Waals surface area contributed by atoms with E-state index >= 15 is 0 Å². The van der Waals surface area contributed by atoms with E-state index in [9.17, 15) is 0 Å². The van der Waals surface area contributed by atoms with Crippen molar-refractivity contribution in [3.63, 3.8) is 0 Å². The van der Waals surface area contributed by atoms with E-state index in [2.05, 4.69) is 36.3 Å². The Morgan fingerprint density at radius 1 is 1.29 bits per heavy atom. The Morgan fingerprint density at radius 3 is 2.53 bits per heavy atom. The number of hydrogen-bond donors (Lipinski definition) is 1. The maximum absolute atomic E-state index is 5.02. The molecule has 2 atom stereocenters. The highest BCUT2D eigenvalue weighted by Crippen LogP contribution is 2.24. The molecule has 96 valence electrons. The Labute approximate surface area is 104 Å². The van der Waals surface area contributed by atoms with Crippen LogP contribution in [0.2, 0.25) is 0 Å². The fraction of sp³-hybridized carbons (Fsp3) is 0.692. The molecule has 0 fully saturated rings. The lowest BCUT2D eigenvalue weighted by Crippen LogP contribution is -2.27. The molecular weight excluding hydrogens is 214 g/mol. The fourth-order valence-corrected chi connectivity index (χ4v) is 2.04. The average molecular weight is 237 g/mol. The van der Waals surface area contributed by atoms with Gasteiger partial charge in [-0.3, -0.25) is 0 Å². The summed E-state index contributed by atoms with van der Waals surface area (Å²) in [6.45, 7) is 7.51. The van der Waals surface area contributed by atoms with E-state index in [4.69, 9.17) is 4.74 Å². The number of rotatable bonds is 7. The number of ether oxygens (including phenoxy) is 1. The van der Waals surface area contributed by atoms with Gasteiger partial charge in [0.15, 0.2) is 0 Å². The third-order valence-electron chi connectivity index (χ3n) is 2.93. The zero-order chi connectivity index (χ0) is 12.7. The van der Waals surface area contributed by atoms with E-state index in [0.717, 1.165) is 12.2 Å². The summed E-state index contributed by atoms with van der Waals surface area (Å²) in [7, 11) is 1.60. The summed E-state index contributed by atoms with van der Waals surface area (Å²) in [5.74, 6) is 1.12. The van der Waals surface area contributed by atoms with Crippen LogP contribution in [-0.2, 0) is 0 Å². The Bertz CT molecular complexity index is 313. The summed E-state index contributed by atoms with van der Waals surface area (Å²) in [5.41, 5.74) is 0.994. The van der Waals surface area contributed by atoms with Crippen molar-refractivity contribution < 1.29 is 4.74 Å². The van der Waals surface area contributed by atoms with Crippen molar-refractivity contribution >= 4 is 0 Å². The summed E-state index contributed by atoms with van der Waals surface area (Å²) in [4.78, 5) is 0. The van der Waals surface area contributed by atoms with Crippen molar-refractivity contribution in [1.82, 2.24) is 15.5 Å². The quantitative estimate of drug-likeness (QED) is 0.791. The Morgan fingerprint density at radius 2 is 2.06 bits per heavy atom. The fourth-order valence-electron chi connectivity index (χ4n) is 2.04. The molecule has 17 heavy (non-hydrogen) atoms. The second kappa shape index (κ2) is 7.22. The van der Waals surface area contributed by atoms with Gasteiger partial charge < -0.3 is 10.1 Å². The van der Waals surface area contributed by atoms with Crippen molar-refractivity contribution in [2.24, 2.45) is 5.92 Å². The molecule has 4 heteroatoms. The van der Waals surface area contributed by atoms with Crippen LogP contribution in [0.25, 0.3) is 0 Å². The summed E-state index contributed by atoms with van der Waals surface area (Å²) in [6, 6.07) is 4.13. The highest BCUT2D eigenvalue weighted by molar-refractivity contribution is 5.14. The molecular formula is C13H23N3O. The van der Waals surface area contributed by atoms with Gasteiger partial charge in [-0.25, -0.2) is 0 Å². The van der Waals surface area contributed by atoms with Crippen LogP contribution in [0.1, 0.15) is 45.3 Å². The highest BCUT2D eigenvalue weighted by Gasteiger charge is 2.19. The molecule has 0 saturated carbocycles. The maximum atomic E-state index is 5.02. The summed E-state index contributed by atoms with van der Waals surface area (Å²) in [6.07, 6.45) is 2.37. The number of nitrogens with zero attached hydrogens (tertiary/aromatic N) is 2. The molecule has 1 N–H and O–H groups in total. The van der Waals surface area contributed by atoms with E-state index in [1.165, 1.54) is 12.8 Å². The minimum atomic E-state index is 0.276. The first-order valence-corrected chi connectivity index (χ1v) is 6.33. The van der Waals surface area contributed by atoms with Gasteiger partial charge >= 0.3 is 0 Å². The minimum absolute atomic E-state index is 0.276. The number of nitrogens with one attached hydrogen (secondary N) is 1. The first-order chi connectivity index (χ1) is 8.22. The second-order valence-electron chi connectivity index (χ2n) is 4.30. The first-order valence-electron chi connectivity index (χ1n) is 6.33. The lowest BCUT2D eigenvalue weighted by molar-refractivity contribution is 0.353.